The van der Waals surface area contributed by atoms with Crippen molar-refractivity contribution in [3.63, 3.8) is 0 Å². The van der Waals surface area contributed by atoms with Crippen LogP contribution in [0.3, 0.4) is 0 Å². The average Bonchev–Trinajstić information content (AvgIpc) is 3.25. The zero-order valence-corrected chi connectivity index (χ0v) is 19.5. The average molecular weight is 531 g/mol. The first-order chi connectivity index (χ1) is 12.0. The Kier molecular flexibility index (Phi) is 23.3. The molecule has 0 aromatic heterocycles. The van der Waals surface area contributed by atoms with Gasteiger partial charge in [0.25, 0.3) is 0 Å². The predicted octanol–water partition coefficient (Wildman–Crippen LogP) is 3.67. The van der Waals surface area contributed by atoms with Crippen LogP contribution in [0.1, 0.15) is 12.8 Å². The van der Waals surface area contributed by atoms with Gasteiger partial charge in [-0.2, -0.15) is 12.2 Å². The summed E-state index contributed by atoms with van der Waals surface area (Å²) in [4.78, 5) is 0. The molecule has 1 aromatic carbocycles. The summed E-state index contributed by atoms with van der Waals surface area (Å²) in [7, 11) is -0.995. The van der Waals surface area contributed by atoms with E-state index in [9.17, 15) is 0 Å². The van der Waals surface area contributed by atoms with E-state index in [0.717, 1.165) is 12.8 Å². The maximum absolute atomic E-state index is 8.84. The third-order valence-corrected chi connectivity index (χ3v) is 1.84. The SMILES string of the molecule is O=S(=O)([O-])Cl.O=S(=O)([O-])Cl.[C-]1=CC=CC1.[C-]1=CC=CC1.[Zr+4].c1ccccc1. The molecular weight excluding hydrogens is 514 g/mol. The van der Waals surface area contributed by atoms with Crippen LogP contribution >= 0.6 is 21.4 Å². The minimum atomic E-state index is -4.44. The van der Waals surface area contributed by atoms with Crippen molar-refractivity contribution in [3.05, 3.63) is 85.0 Å². The van der Waals surface area contributed by atoms with Crippen molar-refractivity contribution in [2.45, 2.75) is 12.8 Å². The quantitative estimate of drug-likeness (QED) is 0.287. The zero-order chi connectivity index (χ0) is 20.3. The Morgan fingerprint density at radius 1 is 0.667 bits per heavy atom. The summed E-state index contributed by atoms with van der Waals surface area (Å²) in [5, 5.41) is 0. The Bertz CT molecular complexity index is 660. The summed E-state index contributed by atoms with van der Waals surface area (Å²) in [6.45, 7) is 0. The Morgan fingerprint density at radius 3 is 0.963 bits per heavy atom. The molecule has 0 unspecified atom stereocenters. The van der Waals surface area contributed by atoms with Crippen molar-refractivity contribution in [1.82, 2.24) is 0 Å². The number of hydrogen-bond donors (Lipinski definition) is 0. The smallest absolute Gasteiger partial charge is 0.735 e. The van der Waals surface area contributed by atoms with Crippen LogP contribution in [-0.2, 0) is 44.9 Å². The normalized spacial score (nSPS) is 12.6. The van der Waals surface area contributed by atoms with Gasteiger partial charge in [0.1, 0.15) is 0 Å². The first-order valence-electron chi connectivity index (χ1n) is 6.74. The van der Waals surface area contributed by atoms with Gasteiger partial charge in [-0.25, -0.2) is 41.1 Å². The molecule has 2 aliphatic carbocycles. The fourth-order valence-corrected chi connectivity index (χ4v) is 1.07. The van der Waals surface area contributed by atoms with Gasteiger partial charge in [0.05, 0.1) is 0 Å². The van der Waals surface area contributed by atoms with E-state index in [4.69, 9.17) is 25.9 Å². The van der Waals surface area contributed by atoms with Gasteiger partial charge >= 0.3 is 26.2 Å². The molecule has 0 bridgehead atoms. The molecule has 2 aliphatic rings. The molecular formula is C16H16Cl2O6S2Zr. The maximum Gasteiger partial charge on any atom is 4.00 e. The van der Waals surface area contributed by atoms with Crippen LogP contribution in [0, 0.1) is 12.2 Å². The summed E-state index contributed by atoms with van der Waals surface area (Å²) in [6.07, 6.45) is 20.0. The van der Waals surface area contributed by atoms with Gasteiger partial charge in [-0.3, -0.25) is 12.2 Å². The van der Waals surface area contributed by atoms with Crippen LogP contribution in [0.2, 0.25) is 0 Å². The second-order valence-corrected chi connectivity index (χ2v) is 7.79. The van der Waals surface area contributed by atoms with Gasteiger partial charge in [-0.1, -0.05) is 36.4 Å². The molecule has 11 heteroatoms. The van der Waals surface area contributed by atoms with E-state index in [0.29, 0.717) is 0 Å². The number of halogens is 2. The van der Waals surface area contributed by atoms with Crippen molar-refractivity contribution in [2.75, 3.05) is 0 Å². The molecule has 0 fully saturated rings. The molecule has 27 heavy (non-hydrogen) atoms. The molecule has 0 saturated carbocycles. The van der Waals surface area contributed by atoms with Crippen molar-refractivity contribution in [3.8, 4) is 0 Å². The molecule has 3 rings (SSSR count). The monoisotopic (exact) mass is 528 g/mol. The Labute approximate surface area is 188 Å². The fraction of sp³-hybridized carbons (Fsp3) is 0.125. The standard InChI is InChI=1S/C6H6.2C5H5.2ClHO3S.Zr/c1-2-4-6-5-3-1;2*1-2-4-5-3-1;2*1-5(2,3)4;/h1-6H;2*1-3H,4H2;2*(H,2,3,4);/q;2*-1;;;+4/p-2. The molecule has 0 spiro atoms. The number of hydrogen-bond acceptors (Lipinski definition) is 6. The topological polar surface area (TPSA) is 114 Å². The van der Waals surface area contributed by atoms with Gasteiger partial charge < -0.3 is 9.11 Å². The number of benzene rings is 1. The Balaban J connectivity index is -0.000000265. The van der Waals surface area contributed by atoms with Crippen molar-refractivity contribution < 1.29 is 52.1 Å². The minimum absolute atomic E-state index is 0. The number of allylic oxidation sites excluding steroid dienone is 8. The van der Waals surface area contributed by atoms with Gasteiger partial charge in [-0.05, 0) is 0 Å². The van der Waals surface area contributed by atoms with Crippen molar-refractivity contribution in [2.24, 2.45) is 0 Å². The largest absolute Gasteiger partial charge is 4.00 e. The van der Waals surface area contributed by atoms with Gasteiger partial charge in [0.15, 0.2) is 18.7 Å². The van der Waals surface area contributed by atoms with E-state index in [1.54, 1.807) is 0 Å². The summed E-state index contributed by atoms with van der Waals surface area (Å²) < 4.78 is 53.1. The Morgan fingerprint density at radius 2 is 0.889 bits per heavy atom. The molecule has 0 radical (unpaired) electrons. The molecule has 0 aliphatic heterocycles. The summed E-state index contributed by atoms with van der Waals surface area (Å²) in [5.74, 6) is 0. The van der Waals surface area contributed by atoms with Crippen LogP contribution in [0.25, 0.3) is 0 Å². The van der Waals surface area contributed by atoms with Crippen molar-refractivity contribution >= 4 is 40.0 Å². The molecule has 0 saturated heterocycles. The molecule has 146 valence electrons. The van der Waals surface area contributed by atoms with Gasteiger partial charge in [0, 0.05) is 21.4 Å². The Hall–Kier alpha value is -0.537. The summed E-state index contributed by atoms with van der Waals surface area (Å²) >= 11 is 0. The van der Waals surface area contributed by atoms with E-state index < -0.39 is 18.7 Å². The molecule has 6 nitrogen and oxygen atoms in total. The van der Waals surface area contributed by atoms with Crippen LogP contribution in [0.15, 0.2) is 72.9 Å². The molecule has 0 N–H and O–H groups in total. The van der Waals surface area contributed by atoms with Gasteiger partial charge in [-0.15, -0.1) is 12.8 Å². The van der Waals surface area contributed by atoms with Gasteiger partial charge in [0.2, 0.25) is 0 Å². The first-order valence-corrected chi connectivity index (χ1v) is 11.2. The van der Waals surface area contributed by atoms with E-state index >= 15 is 0 Å². The number of rotatable bonds is 0. The summed E-state index contributed by atoms with van der Waals surface area (Å²) in [5.41, 5.74) is 0. The summed E-state index contributed by atoms with van der Waals surface area (Å²) in [6, 6.07) is 12.0. The maximum atomic E-state index is 8.84. The van der Waals surface area contributed by atoms with E-state index in [1.807, 2.05) is 60.7 Å². The predicted molar refractivity (Wildman–Crippen MR) is 101 cm³/mol. The minimum Gasteiger partial charge on any atom is -0.735 e. The van der Waals surface area contributed by atoms with Crippen LogP contribution < -0.4 is 0 Å². The molecule has 1 aromatic rings. The van der Waals surface area contributed by atoms with Crippen molar-refractivity contribution in [1.29, 1.82) is 0 Å². The second kappa shape index (κ2) is 20.2. The first kappa shape index (κ1) is 31.2. The van der Waals surface area contributed by atoms with E-state index in [-0.39, 0.29) is 26.2 Å². The fourth-order valence-electron chi connectivity index (χ4n) is 1.07. The van der Waals surface area contributed by atoms with E-state index in [2.05, 4.69) is 45.7 Å². The van der Waals surface area contributed by atoms with Crippen LogP contribution in [-0.4, -0.2) is 25.9 Å². The van der Waals surface area contributed by atoms with E-state index in [1.165, 1.54) is 0 Å². The second-order valence-electron chi connectivity index (χ2n) is 3.95. The zero-order valence-electron chi connectivity index (χ0n) is 13.9. The third kappa shape index (κ3) is 58.6. The third-order valence-electron chi connectivity index (χ3n) is 1.84. The molecule has 0 heterocycles. The van der Waals surface area contributed by atoms with Crippen LogP contribution in [0.5, 0.6) is 0 Å². The van der Waals surface area contributed by atoms with Crippen LogP contribution in [0.4, 0.5) is 0 Å². The molecule has 0 atom stereocenters. The molecule has 0 amide bonds.